The summed E-state index contributed by atoms with van der Waals surface area (Å²) in [6, 6.07) is 33.8. The van der Waals surface area contributed by atoms with E-state index in [2.05, 4.69) is 39.4 Å². The standard InChI is InChI=1S/C29H25N5OS/c1-33(27(22-11-5-2-6-12-22)23-13-7-3-8-14-23)26(35)21-36-29-32-31-28(24-17-19-30-20-18-24)34(29)25-15-9-4-10-16-25/h2-20,27H,21H2,1H3. The van der Waals surface area contributed by atoms with Crippen molar-refractivity contribution in [2.75, 3.05) is 12.8 Å². The van der Waals surface area contributed by atoms with Gasteiger partial charge in [-0.25, -0.2) is 0 Å². The molecule has 0 radical (unpaired) electrons. The van der Waals surface area contributed by atoms with E-state index in [9.17, 15) is 4.79 Å². The van der Waals surface area contributed by atoms with E-state index in [0.717, 1.165) is 22.4 Å². The number of aromatic nitrogens is 4. The number of nitrogens with zero attached hydrogens (tertiary/aromatic N) is 5. The average molecular weight is 492 g/mol. The molecule has 0 N–H and O–H groups in total. The van der Waals surface area contributed by atoms with Crippen molar-refractivity contribution >= 4 is 17.7 Å². The van der Waals surface area contributed by atoms with Crippen molar-refractivity contribution in [1.82, 2.24) is 24.6 Å². The van der Waals surface area contributed by atoms with Gasteiger partial charge in [-0.3, -0.25) is 14.3 Å². The molecule has 3 aromatic carbocycles. The number of pyridine rings is 1. The quantitative estimate of drug-likeness (QED) is 0.262. The highest BCUT2D eigenvalue weighted by atomic mass is 32.2. The molecule has 1 amide bonds. The smallest absolute Gasteiger partial charge is 0.233 e. The second-order valence-corrected chi connectivity index (χ2v) is 9.17. The minimum atomic E-state index is -0.181. The molecule has 36 heavy (non-hydrogen) atoms. The molecule has 0 unspecified atom stereocenters. The van der Waals surface area contributed by atoms with Crippen LogP contribution in [0.2, 0.25) is 0 Å². The van der Waals surface area contributed by atoms with E-state index in [0.29, 0.717) is 11.0 Å². The number of carbonyl (C=O) groups excluding carboxylic acids is 1. The van der Waals surface area contributed by atoms with Gasteiger partial charge in [0.25, 0.3) is 0 Å². The molecule has 0 aliphatic rings. The highest BCUT2D eigenvalue weighted by Crippen LogP contribution is 2.30. The summed E-state index contributed by atoms with van der Waals surface area (Å²) >= 11 is 1.38. The Bertz CT molecular complexity index is 1370. The number of thioether (sulfide) groups is 1. The molecule has 2 aromatic heterocycles. The third-order valence-electron chi connectivity index (χ3n) is 5.92. The maximum atomic E-state index is 13.5. The first-order valence-corrected chi connectivity index (χ1v) is 12.6. The van der Waals surface area contributed by atoms with Crippen LogP contribution in [-0.2, 0) is 4.79 Å². The van der Waals surface area contributed by atoms with E-state index in [1.54, 1.807) is 12.4 Å². The summed E-state index contributed by atoms with van der Waals surface area (Å²) in [4.78, 5) is 19.4. The van der Waals surface area contributed by atoms with Crippen LogP contribution in [0.3, 0.4) is 0 Å². The van der Waals surface area contributed by atoms with Crippen molar-refractivity contribution < 1.29 is 4.79 Å². The molecule has 7 heteroatoms. The highest BCUT2D eigenvalue weighted by molar-refractivity contribution is 7.99. The summed E-state index contributed by atoms with van der Waals surface area (Å²) < 4.78 is 1.99. The molecular weight excluding hydrogens is 466 g/mol. The molecule has 0 fully saturated rings. The molecule has 0 bridgehead atoms. The largest absolute Gasteiger partial charge is 0.334 e. The molecule has 0 saturated heterocycles. The fraction of sp³-hybridized carbons (Fsp3) is 0.103. The number of rotatable bonds is 8. The molecule has 0 aliphatic carbocycles. The second-order valence-electron chi connectivity index (χ2n) is 8.23. The van der Waals surface area contributed by atoms with Crippen LogP contribution in [-0.4, -0.2) is 43.4 Å². The molecule has 2 heterocycles. The summed E-state index contributed by atoms with van der Waals surface area (Å²) in [5.41, 5.74) is 3.97. The summed E-state index contributed by atoms with van der Waals surface area (Å²) in [7, 11) is 1.86. The lowest BCUT2D eigenvalue weighted by Crippen LogP contribution is -2.33. The van der Waals surface area contributed by atoms with Crippen LogP contribution < -0.4 is 0 Å². The van der Waals surface area contributed by atoms with E-state index in [4.69, 9.17) is 0 Å². The summed E-state index contributed by atoms with van der Waals surface area (Å²) in [6.07, 6.45) is 3.47. The van der Waals surface area contributed by atoms with Crippen molar-refractivity contribution in [2.24, 2.45) is 0 Å². The molecule has 5 aromatic rings. The molecule has 178 valence electrons. The number of para-hydroxylation sites is 1. The van der Waals surface area contributed by atoms with Crippen LogP contribution >= 0.6 is 11.8 Å². The number of benzene rings is 3. The van der Waals surface area contributed by atoms with E-state index in [1.165, 1.54) is 11.8 Å². The molecule has 5 rings (SSSR count). The Morgan fingerprint density at radius 2 is 1.36 bits per heavy atom. The SMILES string of the molecule is CN(C(=O)CSc1nnc(-c2ccncc2)n1-c1ccccc1)C(c1ccccc1)c1ccccc1. The Kier molecular flexibility index (Phi) is 7.19. The van der Waals surface area contributed by atoms with Gasteiger partial charge in [-0.1, -0.05) is 90.6 Å². The van der Waals surface area contributed by atoms with Gasteiger partial charge in [-0.05, 0) is 35.4 Å². The Morgan fingerprint density at radius 3 is 1.94 bits per heavy atom. The second kappa shape index (κ2) is 11.0. The molecule has 0 atom stereocenters. The zero-order chi connectivity index (χ0) is 24.7. The lowest BCUT2D eigenvalue weighted by Gasteiger charge is -2.29. The van der Waals surface area contributed by atoms with Gasteiger partial charge in [0.15, 0.2) is 11.0 Å². The van der Waals surface area contributed by atoms with Crippen LogP contribution in [0.1, 0.15) is 17.2 Å². The maximum Gasteiger partial charge on any atom is 0.233 e. The van der Waals surface area contributed by atoms with Gasteiger partial charge in [0.2, 0.25) is 5.91 Å². The zero-order valence-corrected chi connectivity index (χ0v) is 20.6. The van der Waals surface area contributed by atoms with Crippen molar-refractivity contribution in [2.45, 2.75) is 11.2 Å². The van der Waals surface area contributed by atoms with Crippen LogP contribution in [0.5, 0.6) is 0 Å². The lowest BCUT2D eigenvalue weighted by atomic mass is 9.97. The summed E-state index contributed by atoms with van der Waals surface area (Å²) in [6.45, 7) is 0. The van der Waals surface area contributed by atoms with Crippen LogP contribution in [0.25, 0.3) is 17.1 Å². The van der Waals surface area contributed by atoms with Crippen LogP contribution in [0.15, 0.2) is 121 Å². The van der Waals surface area contributed by atoms with Gasteiger partial charge in [-0.15, -0.1) is 10.2 Å². The molecule has 0 saturated carbocycles. The Balaban J connectivity index is 1.42. The fourth-order valence-corrected chi connectivity index (χ4v) is 5.02. The number of carbonyl (C=O) groups is 1. The number of hydrogen-bond donors (Lipinski definition) is 0. The normalized spacial score (nSPS) is 10.9. The van der Waals surface area contributed by atoms with Crippen molar-refractivity contribution in [3.05, 3.63) is 127 Å². The first kappa shape index (κ1) is 23.5. The molecule has 0 spiro atoms. The summed E-state index contributed by atoms with van der Waals surface area (Å²) in [5.74, 6) is 0.942. The van der Waals surface area contributed by atoms with Crippen molar-refractivity contribution in [3.63, 3.8) is 0 Å². The monoisotopic (exact) mass is 491 g/mol. The lowest BCUT2D eigenvalue weighted by molar-refractivity contribution is -0.128. The highest BCUT2D eigenvalue weighted by Gasteiger charge is 2.24. The van der Waals surface area contributed by atoms with Gasteiger partial charge in [0.05, 0.1) is 11.8 Å². The van der Waals surface area contributed by atoms with E-state index in [1.807, 2.05) is 95.4 Å². The minimum absolute atomic E-state index is 0.00535. The van der Waals surface area contributed by atoms with Crippen LogP contribution in [0.4, 0.5) is 0 Å². The minimum Gasteiger partial charge on any atom is -0.334 e. The maximum absolute atomic E-state index is 13.5. The Morgan fingerprint density at radius 1 is 0.806 bits per heavy atom. The Hall–Kier alpha value is -4.23. The van der Waals surface area contributed by atoms with Gasteiger partial charge in [0.1, 0.15) is 0 Å². The third kappa shape index (κ3) is 5.06. The molecular formula is C29H25N5OS. The average Bonchev–Trinajstić information content (AvgIpc) is 3.38. The van der Waals surface area contributed by atoms with E-state index >= 15 is 0 Å². The van der Waals surface area contributed by atoms with E-state index < -0.39 is 0 Å². The number of amides is 1. The first-order chi connectivity index (χ1) is 17.7. The summed E-state index contributed by atoms with van der Waals surface area (Å²) in [5, 5.41) is 9.56. The van der Waals surface area contributed by atoms with Crippen molar-refractivity contribution in [1.29, 1.82) is 0 Å². The number of hydrogen-bond acceptors (Lipinski definition) is 5. The van der Waals surface area contributed by atoms with Crippen LogP contribution in [0, 0.1) is 0 Å². The third-order valence-corrected chi connectivity index (χ3v) is 6.84. The molecule has 6 nitrogen and oxygen atoms in total. The topological polar surface area (TPSA) is 63.9 Å². The zero-order valence-electron chi connectivity index (χ0n) is 19.8. The fourth-order valence-electron chi connectivity index (χ4n) is 4.14. The van der Waals surface area contributed by atoms with E-state index in [-0.39, 0.29) is 17.7 Å². The first-order valence-electron chi connectivity index (χ1n) is 11.6. The predicted octanol–water partition coefficient (Wildman–Crippen LogP) is 5.67. The van der Waals surface area contributed by atoms with Gasteiger partial charge < -0.3 is 4.90 Å². The molecule has 0 aliphatic heterocycles. The van der Waals surface area contributed by atoms with Gasteiger partial charge >= 0.3 is 0 Å². The predicted molar refractivity (Wildman–Crippen MR) is 143 cm³/mol. The van der Waals surface area contributed by atoms with Gasteiger partial charge in [0, 0.05) is 30.7 Å². The van der Waals surface area contributed by atoms with Gasteiger partial charge in [-0.2, -0.15) is 0 Å². The Labute approximate surface area is 214 Å². The van der Waals surface area contributed by atoms with Crippen molar-refractivity contribution in [3.8, 4) is 17.1 Å².